The first-order chi connectivity index (χ1) is 10.5. The Labute approximate surface area is 126 Å². The van der Waals surface area contributed by atoms with Crippen molar-refractivity contribution in [2.45, 2.75) is 20.1 Å². The van der Waals surface area contributed by atoms with Gasteiger partial charge in [0.25, 0.3) is 5.91 Å². The van der Waals surface area contributed by atoms with Crippen LogP contribution in [0, 0.1) is 6.92 Å². The van der Waals surface area contributed by atoms with Crippen LogP contribution in [0.25, 0.3) is 0 Å². The zero-order valence-electron chi connectivity index (χ0n) is 11.9. The molecule has 2 aromatic rings. The highest BCUT2D eigenvalue weighted by Crippen LogP contribution is 2.25. The lowest BCUT2D eigenvalue weighted by molar-refractivity contribution is -0.0508. The minimum absolute atomic E-state index is 0.0212. The second kappa shape index (κ2) is 6.89. The summed E-state index contributed by atoms with van der Waals surface area (Å²) in [5.41, 5.74) is 6.85. The first-order valence-electron chi connectivity index (χ1n) is 6.53. The maximum absolute atomic E-state index is 12.4. The Balaban J connectivity index is 2.20. The molecule has 0 aromatic heterocycles. The van der Waals surface area contributed by atoms with Crippen molar-refractivity contribution >= 4 is 5.91 Å². The molecule has 0 heterocycles. The van der Waals surface area contributed by atoms with Gasteiger partial charge in [0.15, 0.2) is 0 Å². The zero-order valence-corrected chi connectivity index (χ0v) is 11.9. The van der Waals surface area contributed by atoms with Crippen LogP contribution in [0.2, 0.25) is 0 Å². The summed E-state index contributed by atoms with van der Waals surface area (Å²) < 4.78 is 34.7. The number of ether oxygens (including phenoxy) is 2. The smallest absolute Gasteiger partial charge is 0.387 e. The molecule has 2 aromatic carbocycles. The van der Waals surface area contributed by atoms with E-state index in [1.165, 1.54) is 6.07 Å². The summed E-state index contributed by atoms with van der Waals surface area (Å²) >= 11 is 0. The second-order valence-corrected chi connectivity index (χ2v) is 4.64. The van der Waals surface area contributed by atoms with Crippen LogP contribution in [-0.2, 0) is 6.61 Å². The van der Waals surface area contributed by atoms with Crippen molar-refractivity contribution in [2.24, 2.45) is 5.73 Å². The van der Waals surface area contributed by atoms with Crippen LogP contribution in [0.4, 0.5) is 8.78 Å². The van der Waals surface area contributed by atoms with Crippen molar-refractivity contribution in [3.05, 3.63) is 59.2 Å². The Morgan fingerprint density at radius 2 is 1.91 bits per heavy atom. The minimum Gasteiger partial charge on any atom is -0.488 e. The molecular formula is C16H15F2NO3. The topological polar surface area (TPSA) is 61.6 Å². The predicted octanol–water partition coefficient (Wildman–Crippen LogP) is 3.27. The highest BCUT2D eigenvalue weighted by atomic mass is 19.3. The van der Waals surface area contributed by atoms with Gasteiger partial charge in [0.2, 0.25) is 0 Å². The van der Waals surface area contributed by atoms with Crippen LogP contribution in [0.5, 0.6) is 11.5 Å². The third-order valence-corrected chi connectivity index (χ3v) is 2.97. The molecule has 0 unspecified atom stereocenters. The SMILES string of the molecule is Cc1ccc(C(N)=O)c(OCc2ccccc2OC(F)F)c1. The Morgan fingerprint density at radius 3 is 2.59 bits per heavy atom. The van der Waals surface area contributed by atoms with E-state index < -0.39 is 12.5 Å². The fourth-order valence-electron chi connectivity index (χ4n) is 1.94. The number of hydrogen-bond donors (Lipinski definition) is 1. The van der Waals surface area contributed by atoms with Crippen LogP contribution in [0.1, 0.15) is 21.5 Å². The van der Waals surface area contributed by atoms with E-state index in [1.807, 2.05) is 6.92 Å². The van der Waals surface area contributed by atoms with Gasteiger partial charge in [0.1, 0.15) is 18.1 Å². The lowest BCUT2D eigenvalue weighted by atomic mass is 10.1. The zero-order chi connectivity index (χ0) is 16.1. The summed E-state index contributed by atoms with van der Waals surface area (Å²) in [6.07, 6.45) is 0. The fourth-order valence-corrected chi connectivity index (χ4v) is 1.94. The van der Waals surface area contributed by atoms with Gasteiger partial charge in [-0.15, -0.1) is 0 Å². The van der Waals surface area contributed by atoms with Crippen molar-refractivity contribution in [3.8, 4) is 11.5 Å². The van der Waals surface area contributed by atoms with E-state index >= 15 is 0 Å². The number of benzene rings is 2. The molecule has 4 nitrogen and oxygen atoms in total. The third kappa shape index (κ3) is 3.94. The lowest BCUT2D eigenvalue weighted by Gasteiger charge is -2.13. The van der Waals surface area contributed by atoms with Crippen LogP contribution in [0.15, 0.2) is 42.5 Å². The molecule has 0 saturated carbocycles. The first-order valence-corrected chi connectivity index (χ1v) is 6.53. The van der Waals surface area contributed by atoms with Crippen molar-refractivity contribution in [1.82, 2.24) is 0 Å². The van der Waals surface area contributed by atoms with E-state index in [0.717, 1.165) is 5.56 Å². The van der Waals surface area contributed by atoms with Crippen LogP contribution >= 0.6 is 0 Å². The Bertz CT molecular complexity index is 674. The number of hydrogen-bond acceptors (Lipinski definition) is 3. The van der Waals surface area contributed by atoms with Crippen molar-refractivity contribution in [2.75, 3.05) is 0 Å². The number of primary amides is 1. The Morgan fingerprint density at radius 1 is 1.18 bits per heavy atom. The highest BCUT2D eigenvalue weighted by molar-refractivity contribution is 5.95. The molecule has 0 aliphatic rings. The van der Waals surface area contributed by atoms with Gasteiger partial charge in [0, 0.05) is 5.56 Å². The number of amides is 1. The summed E-state index contributed by atoms with van der Waals surface area (Å²) in [6, 6.07) is 11.3. The Hall–Kier alpha value is -2.63. The average Bonchev–Trinajstić information content (AvgIpc) is 2.45. The van der Waals surface area contributed by atoms with E-state index in [0.29, 0.717) is 11.3 Å². The molecule has 1 amide bonds. The molecule has 0 aliphatic carbocycles. The van der Waals surface area contributed by atoms with Crippen LogP contribution < -0.4 is 15.2 Å². The molecular weight excluding hydrogens is 292 g/mol. The number of nitrogens with two attached hydrogens (primary N) is 1. The molecule has 22 heavy (non-hydrogen) atoms. The van der Waals surface area contributed by atoms with E-state index in [-0.39, 0.29) is 17.9 Å². The quantitative estimate of drug-likeness (QED) is 0.891. The molecule has 0 bridgehead atoms. The lowest BCUT2D eigenvalue weighted by Crippen LogP contribution is -2.13. The van der Waals surface area contributed by atoms with E-state index in [9.17, 15) is 13.6 Å². The maximum Gasteiger partial charge on any atom is 0.387 e. The molecule has 0 spiro atoms. The number of carbonyl (C=O) groups excluding carboxylic acids is 1. The largest absolute Gasteiger partial charge is 0.488 e. The van der Waals surface area contributed by atoms with Crippen molar-refractivity contribution < 1.29 is 23.0 Å². The first kappa shape index (κ1) is 15.8. The number of halogens is 2. The predicted molar refractivity (Wildman–Crippen MR) is 77.1 cm³/mol. The number of carbonyl (C=O) groups is 1. The van der Waals surface area contributed by atoms with Gasteiger partial charge in [-0.1, -0.05) is 24.3 Å². The number of para-hydroxylation sites is 1. The summed E-state index contributed by atoms with van der Waals surface area (Å²) in [4.78, 5) is 11.4. The molecule has 0 saturated heterocycles. The van der Waals surface area contributed by atoms with Crippen LogP contribution in [0.3, 0.4) is 0 Å². The van der Waals surface area contributed by atoms with E-state index in [1.54, 1.807) is 36.4 Å². The van der Waals surface area contributed by atoms with Crippen LogP contribution in [-0.4, -0.2) is 12.5 Å². The molecule has 116 valence electrons. The number of alkyl halides is 2. The average molecular weight is 307 g/mol. The summed E-state index contributed by atoms with van der Waals surface area (Å²) in [7, 11) is 0. The molecule has 0 aliphatic heterocycles. The number of rotatable bonds is 6. The molecule has 2 N–H and O–H groups in total. The molecule has 0 fully saturated rings. The monoisotopic (exact) mass is 307 g/mol. The molecule has 0 radical (unpaired) electrons. The summed E-state index contributed by atoms with van der Waals surface area (Å²) in [6.45, 7) is -1.10. The summed E-state index contributed by atoms with van der Waals surface area (Å²) in [5.74, 6) is -0.280. The third-order valence-electron chi connectivity index (χ3n) is 2.97. The fraction of sp³-hybridized carbons (Fsp3) is 0.188. The minimum atomic E-state index is -2.92. The second-order valence-electron chi connectivity index (χ2n) is 4.64. The Kier molecular flexibility index (Phi) is 4.93. The van der Waals surface area contributed by atoms with Gasteiger partial charge in [-0.05, 0) is 30.7 Å². The summed E-state index contributed by atoms with van der Waals surface area (Å²) in [5, 5.41) is 0. The molecule has 0 atom stereocenters. The molecule has 2 rings (SSSR count). The van der Waals surface area contributed by atoms with Gasteiger partial charge >= 0.3 is 6.61 Å². The number of aryl methyl sites for hydroxylation is 1. The van der Waals surface area contributed by atoms with Crippen molar-refractivity contribution in [3.63, 3.8) is 0 Å². The highest BCUT2D eigenvalue weighted by Gasteiger charge is 2.13. The van der Waals surface area contributed by atoms with Gasteiger partial charge in [-0.25, -0.2) is 0 Å². The maximum atomic E-state index is 12.4. The van der Waals surface area contributed by atoms with Gasteiger partial charge in [-0.2, -0.15) is 8.78 Å². The van der Waals surface area contributed by atoms with Crippen molar-refractivity contribution in [1.29, 1.82) is 0 Å². The van der Waals surface area contributed by atoms with Gasteiger partial charge < -0.3 is 15.2 Å². The van der Waals surface area contributed by atoms with Gasteiger partial charge in [0.05, 0.1) is 5.56 Å². The van der Waals surface area contributed by atoms with Gasteiger partial charge in [-0.3, -0.25) is 4.79 Å². The standard InChI is InChI=1S/C16H15F2NO3/c1-10-6-7-12(15(19)20)14(8-10)21-9-11-4-2-3-5-13(11)22-16(17)18/h2-8,16H,9H2,1H3,(H2,19,20). The molecule has 6 heteroatoms. The van der Waals surface area contributed by atoms with E-state index in [4.69, 9.17) is 10.5 Å². The van der Waals surface area contributed by atoms with E-state index in [2.05, 4.69) is 4.74 Å². The normalized spacial score (nSPS) is 10.5.